The van der Waals surface area contributed by atoms with Crippen molar-refractivity contribution < 1.29 is 13.6 Å². The molecule has 0 saturated heterocycles. The van der Waals surface area contributed by atoms with Crippen molar-refractivity contribution in [2.75, 3.05) is 0 Å². The first-order chi connectivity index (χ1) is 14.0. The summed E-state index contributed by atoms with van der Waals surface area (Å²) in [4.78, 5) is 16.9. The molecule has 1 N–H and O–H groups in total. The highest BCUT2D eigenvalue weighted by molar-refractivity contribution is 6.17. The van der Waals surface area contributed by atoms with Gasteiger partial charge in [0, 0.05) is 18.8 Å². The molecule has 0 atom stereocenters. The smallest absolute Gasteiger partial charge is 0.220 e. The molecule has 0 radical (unpaired) electrons. The fourth-order valence-corrected chi connectivity index (χ4v) is 3.52. The lowest BCUT2D eigenvalue weighted by atomic mass is 10.1. The van der Waals surface area contributed by atoms with Gasteiger partial charge in [-0.3, -0.25) is 4.79 Å². The van der Waals surface area contributed by atoms with Crippen molar-refractivity contribution in [3.8, 4) is 0 Å². The molecule has 1 heterocycles. The molecule has 3 rings (SSSR count). The van der Waals surface area contributed by atoms with E-state index in [1.807, 2.05) is 18.2 Å². The van der Waals surface area contributed by atoms with Gasteiger partial charge in [0.15, 0.2) is 0 Å². The third-order valence-electron chi connectivity index (χ3n) is 4.79. The predicted molar refractivity (Wildman–Crippen MR) is 111 cm³/mol. The van der Waals surface area contributed by atoms with Gasteiger partial charge in [-0.1, -0.05) is 13.0 Å². The Morgan fingerprint density at radius 2 is 2.03 bits per heavy atom. The molecule has 1 amide bonds. The van der Waals surface area contributed by atoms with Gasteiger partial charge in [0.25, 0.3) is 0 Å². The van der Waals surface area contributed by atoms with Crippen LogP contribution < -0.4 is 5.32 Å². The lowest BCUT2D eigenvalue weighted by Crippen LogP contribution is -2.24. The molecule has 0 unspecified atom stereocenters. The standard InChI is InChI=1S/C22H24ClF2N3O/c1-2-10-28-20-9-6-15(13-23)11-19(20)27-21(28)14-26-22(29)5-3-4-16-12-17(24)7-8-18(16)25/h6-9,11-12H,2-5,10,13-14H2,1H3,(H,26,29). The van der Waals surface area contributed by atoms with Gasteiger partial charge in [-0.05, 0) is 60.7 Å². The number of hydrogen-bond donors (Lipinski definition) is 1. The van der Waals surface area contributed by atoms with Crippen molar-refractivity contribution in [1.82, 2.24) is 14.9 Å². The van der Waals surface area contributed by atoms with Crippen LogP contribution >= 0.6 is 11.6 Å². The number of imidazole rings is 1. The zero-order valence-corrected chi connectivity index (χ0v) is 17.1. The lowest BCUT2D eigenvalue weighted by molar-refractivity contribution is -0.121. The topological polar surface area (TPSA) is 46.9 Å². The number of carbonyl (C=O) groups excluding carboxylic acids is 1. The Morgan fingerprint density at radius 3 is 2.79 bits per heavy atom. The number of hydrogen-bond acceptors (Lipinski definition) is 2. The number of alkyl halides is 1. The first-order valence-corrected chi connectivity index (χ1v) is 10.3. The monoisotopic (exact) mass is 419 g/mol. The minimum absolute atomic E-state index is 0.140. The highest BCUT2D eigenvalue weighted by Crippen LogP contribution is 2.20. The highest BCUT2D eigenvalue weighted by Gasteiger charge is 2.12. The molecule has 0 spiro atoms. The summed E-state index contributed by atoms with van der Waals surface area (Å²) in [6.07, 6.45) is 1.94. The summed E-state index contributed by atoms with van der Waals surface area (Å²) in [5, 5.41) is 2.88. The molecule has 0 saturated carbocycles. The van der Waals surface area contributed by atoms with Gasteiger partial charge < -0.3 is 9.88 Å². The molecule has 29 heavy (non-hydrogen) atoms. The summed E-state index contributed by atoms with van der Waals surface area (Å²) in [5.41, 5.74) is 3.17. The average molecular weight is 420 g/mol. The predicted octanol–water partition coefficient (Wildman–Crippen LogP) is 5.10. The van der Waals surface area contributed by atoms with E-state index in [2.05, 4.69) is 21.8 Å². The van der Waals surface area contributed by atoms with E-state index in [1.54, 1.807) is 0 Å². The van der Waals surface area contributed by atoms with Crippen LogP contribution in [0.15, 0.2) is 36.4 Å². The molecule has 7 heteroatoms. The van der Waals surface area contributed by atoms with Crippen molar-refractivity contribution >= 4 is 28.5 Å². The Balaban J connectivity index is 1.59. The van der Waals surface area contributed by atoms with Gasteiger partial charge in [-0.15, -0.1) is 11.6 Å². The van der Waals surface area contributed by atoms with Gasteiger partial charge in [-0.25, -0.2) is 13.8 Å². The van der Waals surface area contributed by atoms with Crippen LogP contribution in [0, 0.1) is 11.6 Å². The number of aromatic nitrogens is 2. The first-order valence-electron chi connectivity index (χ1n) is 9.76. The van der Waals surface area contributed by atoms with E-state index < -0.39 is 11.6 Å². The second kappa shape index (κ2) is 9.83. The van der Waals surface area contributed by atoms with Gasteiger partial charge in [0.1, 0.15) is 17.5 Å². The summed E-state index contributed by atoms with van der Waals surface area (Å²) >= 11 is 5.91. The van der Waals surface area contributed by atoms with Crippen molar-refractivity contribution in [3.05, 3.63) is 65.0 Å². The van der Waals surface area contributed by atoms with Crippen LogP contribution in [-0.4, -0.2) is 15.5 Å². The summed E-state index contributed by atoms with van der Waals surface area (Å²) in [6, 6.07) is 9.33. The number of fused-ring (bicyclic) bond motifs is 1. The SMILES string of the molecule is CCCn1c(CNC(=O)CCCc2cc(F)ccc2F)nc2cc(CCl)ccc21. The van der Waals surface area contributed by atoms with Crippen LogP contribution in [0.2, 0.25) is 0 Å². The Hall–Kier alpha value is -2.47. The zero-order valence-electron chi connectivity index (χ0n) is 16.4. The molecule has 0 aliphatic carbocycles. The molecule has 2 aromatic carbocycles. The van der Waals surface area contributed by atoms with Crippen LogP contribution in [0.25, 0.3) is 11.0 Å². The van der Waals surface area contributed by atoms with E-state index in [4.69, 9.17) is 11.6 Å². The normalized spacial score (nSPS) is 11.2. The van der Waals surface area contributed by atoms with E-state index in [0.717, 1.165) is 47.5 Å². The van der Waals surface area contributed by atoms with Crippen molar-refractivity contribution in [2.45, 2.75) is 51.6 Å². The molecule has 1 aromatic heterocycles. The largest absolute Gasteiger partial charge is 0.349 e. The number of halogens is 3. The molecule has 0 fully saturated rings. The Morgan fingerprint density at radius 1 is 1.21 bits per heavy atom. The van der Waals surface area contributed by atoms with E-state index in [-0.39, 0.29) is 17.9 Å². The van der Waals surface area contributed by atoms with Gasteiger partial charge in [0.2, 0.25) is 5.91 Å². The fraction of sp³-hybridized carbons (Fsp3) is 0.364. The molecular formula is C22H24ClF2N3O. The summed E-state index contributed by atoms with van der Waals surface area (Å²) in [7, 11) is 0. The van der Waals surface area contributed by atoms with Gasteiger partial charge >= 0.3 is 0 Å². The molecule has 0 aliphatic rings. The van der Waals surface area contributed by atoms with E-state index in [9.17, 15) is 13.6 Å². The Labute approximate surface area is 173 Å². The van der Waals surface area contributed by atoms with Crippen LogP contribution in [0.5, 0.6) is 0 Å². The summed E-state index contributed by atoms with van der Waals surface area (Å²) in [6.45, 7) is 3.21. The Bertz CT molecular complexity index is 1000. The summed E-state index contributed by atoms with van der Waals surface area (Å²) in [5.74, 6) is 0.153. The van der Waals surface area contributed by atoms with E-state index in [0.29, 0.717) is 25.3 Å². The number of nitrogens with one attached hydrogen (secondary N) is 1. The molecule has 4 nitrogen and oxygen atoms in total. The fourth-order valence-electron chi connectivity index (χ4n) is 3.36. The van der Waals surface area contributed by atoms with E-state index >= 15 is 0 Å². The van der Waals surface area contributed by atoms with Crippen molar-refractivity contribution in [1.29, 1.82) is 0 Å². The third kappa shape index (κ3) is 5.32. The van der Waals surface area contributed by atoms with E-state index in [1.165, 1.54) is 6.07 Å². The quantitative estimate of drug-likeness (QED) is 0.490. The zero-order chi connectivity index (χ0) is 20.8. The van der Waals surface area contributed by atoms with Crippen LogP contribution in [0.4, 0.5) is 8.78 Å². The number of rotatable bonds is 9. The lowest BCUT2D eigenvalue weighted by Gasteiger charge is -2.09. The minimum atomic E-state index is -0.474. The number of aryl methyl sites for hydroxylation is 2. The second-order valence-corrected chi connectivity index (χ2v) is 7.27. The third-order valence-corrected chi connectivity index (χ3v) is 5.10. The molecule has 0 bridgehead atoms. The average Bonchev–Trinajstić information content (AvgIpc) is 3.06. The van der Waals surface area contributed by atoms with Crippen molar-refractivity contribution in [3.63, 3.8) is 0 Å². The molecule has 0 aliphatic heterocycles. The van der Waals surface area contributed by atoms with Crippen molar-refractivity contribution in [2.24, 2.45) is 0 Å². The van der Waals surface area contributed by atoms with Gasteiger partial charge in [0.05, 0.1) is 17.6 Å². The molecular weight excluding hydrogens is 396 g/mol. The number of benzene rings is 2. The highest BCUT2D eigenvalue weighted by atomic mass is 35.5. The number of amides is 1. The van der Waals surface area contributed by atoms with Crippen LogP contribution in [0.1, 0.15) is 43.1 Å². The molecule has 3 aromatic rings. The minimum Gasteiger partial charge on any atom is -0.349 e. The maximum Gasteiger partial charge on any atom is 0.220 e. The van der Waals surface area contributed by atoms with Crippen LogP contribution in [0.3, 0.4) is 0 Å². The van der Waals surface area contributed by atoms with Crippen LogP contribution in [-0.2, 0) is 30.2 Å². The number of carbonyl (C=O) groups is 1. The second-order valence-electron chi connectivity index (χ2n) is 7.00. The first kappa shape index (κ1) is 21.2. The maximum absolute atomic E-state index is 13.6. The number of nitrogens with zero attached hydrogens (tertiary/aromatic N) is 2. The Kier molecular flexibility index (Phi) is 7.20. The van der Waals surface area contributed by atoms with Gasteiger partial charge in [-0.2, -0.15) is 0 Å². The summed E-state index contributed by atoms with van der Waals surface area (Å²) < 4.78 is 29.0. The molecule has 154 valence electrons. The maximum atomic E-state index is 13.6.